The molecule has 5 nitrogen and oxygen atoms in total. The van der Waals surface area contributed by atoms with Crippen molar-refractivity contribution in [2.24, 2.45) is 4.99 Å². The molecule has 0 amide bonds. The number of aliphatic imine (C=N–C) groups is 1. The smallest absolute Gasteiger partial charge is 0.191 e. The number of hydrogen-bond acceptors (Lipinski definition) is 2. The standard InChI is InChI=1S/C18H20FN5.HI/c1-20-18(24-12-17-15(19)6-4-9-21-17)22-10-8-13-11-23-16-7-3-2-5-14(13)16;/h2-7,9,11,23H,8,10,12H2,1H3,(H2,20,22,24);1H. The minimum absolute atomic E-state index is 0. The Labute approximate surface area is 163 Å². The molecule has 2 heterocycles. The third-order valence-corrected chi connectivity index (χ3v) is 3.84. The second kappa shape index (κ2) is 9.36. The first kappa shape index (κ1) is 19.2. The normalized spacial score (nSPS) is 11.2. The molecule has 3 aromatic rings. The maximum Gasteiger partial charge on any atom is 0.191 e. The Kier molecular flexibility index (Phi) is 7.17. The van der Waals surface area contributed by atoms with E-state index in [0.29, 0.717) is 18.2 Å². The Hall–Kier alpha value is -2.16. The first-order valence-corrected chi connectivity index (χ1v) is 7.87. The largest absolute Gasteiger partial charge is 0.361 e. The summed E-state index contributed by atoms with van der Waals surface area (Å²) in [5.41, 5.74) is 2.77. The SMILES string of the molecule is CN=C(NCCc1c[nH]c2ccccc12)NCc1ncccc1F.I. The summed E-state index contributed by atoms with van der Waals surface area (Å²) in [6.07, 6.45) is 4.47. The molecule has 3 rings (SSSR count). The molecule has 25 heavy (non-hydrogen) atoms. The number of nitrogens with zero attached hydrogens (tertiary/aromatic N) is 2. The van der Waals surface area contributed by atoms with Crippen molar-refractivity contribution in [3.63, 3.8) is 0 Å². The van der Waals surface area contributed by atoms with Gasteiger partial charge in [0.2, 0.25) is 0 Å². The summed E-state index contributed by atoms with van der Waals surface area (Å²) in [6, 6.07) is 11.2. The van der Waals surface area contributed by atoms with Crippen molar-refractivity contribution in [3.8, 4) is 0 Å². The zero-order valence-corrected chi connectivity index (χ0v) is 16.3. The molecule has 7 heteroatoms. The van der Waals surface area contributed by atoms with Crippen molar-refractivity contribution in [3.05, 3.63) is 65.9 Å². The van der Waals surface area contributed by atoms with Crippen LogP contribution in [0.2, 0.25) is 0 Å². The first-order valence-electron chi connectivity index (χ1n) is 7.87. The molecule has 0 atom stereocenters. The third-order valence-electron chi connectivity index (χ3n) is 3.84. The highest BCUT2D eigenvalue weighted by Crippen LogP contribution is 2.17. The van der Waals surface area contributed by atoms with Crippen LogP contribution in [0.3, 0.4) is 0 Å². The van der Waals surface area contributed by atoms with Crippen molar-refractivity contribution in [2.75, 3.05) is 13.6 Å². The molecule has 0 saturated carbocycles. The molecule has 0 spiro atoms. The van der Waals surface area contributed by atoms with Crippen molar-refractivity contribution in [1.29, 1.82) is 0 Å². The van der Waals surface area contributed by atoms with E-state index in [9.17, 15) is 4.39 Å². The Balaban J connectivity index is 0.00000225. The van der Waals surface area contributed by atoms with Crippen LogP contribution in [0.5, 0.6) is 0 Å². The molecule has 0 aliphatic rings. The van der Waals surface area contributed by atoms with Crippen LogP contribution in [0.25, 0.3) is 10.9 Å². The molecular formula is C18H21FIN5. The van der Waals surface area contributed by atoms with Crippen molar-refractivity contribution in [1.82, 2.24) is 20.6 Å². The number of aromatic nitrogens is 2. The lowest BCUT2D eigenvalue weighted by molar-refractivity contribution is 0.592. The van der Waals surface area contributed by atoms with Gasteiger partial charge in [0.15, 0.2) is 5.96 Å². The number of para-hydroxylation sites is 1. The van der Waals surface area contributed by atoms with E-state index < -0.39 is 0 Å². The number of nitrogens with one attached hydrogen (secondary N) is 3. The van der Waals surface area contributed by atoms with Crippen molar-refractivity contribution in [2.45, 2.75) is 13.0 Å². The van der Waals surface area contributed by atoms with E-state index in [-0.39, 0.29) is 29.8 Å². The lowest BCUT2D eigenvalue weighted by atomic mass is 10.1. The van der Waals surface area contributed by atoms with E-state index in [1.54, 1.807) is 19.3 Å². The number of benzene rings is 1. The van der Waals surface area contributed by atoms with Crippen LogP contribution in [-0.4, -0.2) is 29.5 Å². The second-order valence-electron chi connectivity index (χ2n) is 5.39. The Morgan fingerprint density at radius 2 is 2.04 bits per heavy atom. The highest BCUT2D eigenvalue weighted by molar-refractivity contribution is 14.0. The molecule has 0 fully saturated rings. The molecule has 0 aliphatic carbocycles. The first-order chi connectivity index (χ1) is 11.8. The number of aromatic amines is 1. The van der Waals surface area contributed by atoms with Crippen LogP contribution >= 0.6 is 24.0 Å². The van der Waals surface area contributed by atoms with E-state index in [1.807, 2.05) is 18.3 Å². The zero-order chi connectivity index (χ0) is 16.8. The molecule has 0 unspecified atom stereocenters. The summed E-state index contributed by atoms with van der Waals surface area (Å²) in [4.78, 5) is 11.4. The molecule has 3 N–H and O–H groups in total. The van der Waals surface area contributed by atoms with Gasteiger partial charge in [-0.15, -0.1) is 24.0 Å². The average molecular weight is 453 g/mol. The fourth-order valence-corrected chi connectivity index (χ4v) is 2.59. The summed E-state index contributed by atoms with van der Waals surface area (Å²) in [7, 11) is 1.69. The van der Waals surface area contributed by atoms with Gasteiger partial charge in [-0.2, -0.15) is 0 Å². The van der Waals surface area contributed by atoms with E-state index in [2.05, 4.69) is 37.7 Å². The number of H-pyrrole nitrogens is 1. The Morgan fingerprint density at radius 3 is 2.84 bits per heavy atom. The van der Waals surface area contributed by atoms with Gasteiger partial charge < -0.3 is 15.6 Å². The molecule has 0 bridgehead atoms. The minimum atomic E-state index is -0.320. The van der Waals surface area contributed by atoms with Gasteiger partial charge in [-0.05, 0) is 30.2 Å². The lowest BCUT2D eigenvalue weighted by Crippen LogP contribution is -2.38. The predicted octanol–water partition coefficient (Wildman–Crippen LogP) is 3.23. The summed E-state index contributed by atoms with van der Waals surface area (Å²) in [5, 5.41) is 7.54. The van der Waals surface area contributed by atoms with Crippen LogP contribution < -0.4 is 10.6 Å². The minimum Gasteiger partial charge on any atom is -0.361 e. The van der Waals surface area contributed by atoms with Crippen LogP contribution in [0.15, 0.2) is 53.8 Å². The maximum absolute atomic E-state index is 13.6. The van der Waals surface area contributed by atoms with E-state index in [4.69, 9.17) is 0 Å². The average Bonchev–Trinajstić information content (AvgIpc) is 3.02. The number of halogens is 2. The maximum atomic E-state index is 13.6. The predicted molar refractivity (Wildman–Crippen MR) is 110 cm³/mol. The van der Waals surface area contributed by atoms with E-state index >= 15 is 0 Å². The van der Waals surface area contributed by atoms with Gasteiger partial charge in [-0.25, -0.2) is 4.39 Å². The topological polar surface area (TPSA) is 65.1 Å². The van der Waals surface area contributed by atoms with Gasteiger partial charge in [0.1, 0.15) is 5.82 Å². The number of rotatable bonds is 5. The second-order valence-corrected chi connectivity index (χ2v) is 5.39. The van der Waals surface area contributed by atoms with Gasteiger partial charge in [0.05, 0.1) is 12.2 Å². The van der Waals surface area contributed by atoms with E-state index in [0.717, 1.165) is 18.5 Å². The van der Waals surface area contributed by atoms with Gasteiger partial charge in [0, 0.05) is 36.9 Å². The zero-order valence-electron chi connectivity index (χ0n) is 13.9. The molecule has 2 aromatic heterocycles. The number of guanidine groups is 1. The van der Waals surface area contributed by atoms with Gasteiger partial charge in [-0.1, -0.05) is 18.2 Å². The molecule has 0 saturated heterocycles. The molecule has 132 valence electrons. The van der Waals surface area contributed by atoms with Gasteiger partial charge >= 0.3 is 0 Å². The van der Waals surface area contributed by atoms with Crippen molar-refractivity contribution >= 4 is 40.8 Å². The summed E-state index contributed by atoms with van der Waals surface area (Å²) in [5.74, 6) is 0.305. The van der Waals surface area contributed by atoms with Gasteiger partial charge in [0.25, 0.3) is 0 Å². The molecular weight excluding hydrogens is 432 g/mol. The molecule has 0 aliphatic heterocycles. The highest BCUT2D eigenvalue weighted by atomic mass is 127. The highest BCUT2D eigenvalue weighted by Gasteiger charge is 2.05. The van der Waals surface area contributed by atoms with Crippen LogP contribution in [0.1, 0.15) is 11.3 Å². The van der Waals surface area contributed by atoms with Crippen LogP contribution in [0.4, 0.5) is 4.39 Å². The molecule has 1 aromatic carbocycles. The van der Waals surface area contributed by atoms with E-state index in [1.165, 1.54) is 17.0 Å². The molecule has 0 radical (unpaired) electrons. The Bertz CT molecular complexity index is 846. The van der Waals surface area contributed by atoms with Crippen molar-refractivity contribution < 1.29 is 4.39 Å². The number of fused-ring (bicyclic) bond motifs is 1. The summed E-state index contributed by atoms with van der Waals surface area (Å²) >= 11 is 0. The van der Waals surface area contributed by atoms with Crippen LogP contribution in [0, 0.1) is 5.82 Å². The number of hydrogen-bond donors (Lipinski definition) is 3. The van der Waals surface area contributed by atoms with Gasteiger partial charge in [-0.3, -0.25) is 9.98 Å². The summed E-state index contributed by atoms with van der Waals surface area (Å²) in [6.45, 7) is 1.02. The monoisotopic (exact) mass is 453 g/mol. The quantitative estimate of drug-likeness (QED) is 0.316. The summed E-state index contributed by atoms with van der Waals surface area (Å²) < 4.78 is 13.6. The lowest BCUT2D eigenvalue weighted by Gasteiger charge is -2.11. The fraction of sp³-hybridized carbons (Fsp3) is 0.222. The third kappa shape index (κ3) is 4.91. The number of pyridine rings is 1. The Morgan fingerprint density at radius 1 is 1.20 bits per heavy atom. The van der Waals surface area contributed by atoms with Crippen LogP contribution in [-0.2, 0) is 13.0 Å². The fourth-order valence-electron chi connectivity index (χ4n) is 2.59.